The molecule has 0 fully saturated rings. The smallest absolute Gasteiger partial charge is 0.431 e. The molecule has 0 atom stereocenters. The minimum Gasteiger partial charge on any atom is -0.457 e. The summed E-state index contributed by atoms with van der Waals surface area (Å²) in [6.45, 7) is 0.200. The number of hydrogen-bond acceptors (Lipinski definition) is 9. The second-order valence-electron chi connectivity index (χ2n) is 10.3. The molecule has 0 amide bonds. The van der Waals surface area contributed by atoms with E-state index in [0.29, 0.717) is 23.2 Å². The molecule has 6 rings (SSSR count). The van der Waals surface area contributed by atoms with Gasteiger partial charge in [-0.25, -0.2) is 14.4 Å². The summed E-state index contributed by atoms with van der Waals surface area (Å²) in [4.78, 5) is 54.1. The van der Waals surface area contributed by atoms with Crippen LogP contribution in [0, 0.1) is 10.1 Å². The summed E-state index contributed by atoms with van der Waals surface area (Å²) in [5.74, 6) is 0.503. The fraction of sp³-hybridized carbons (Fsp3) is 0.0938. The molecule has 1 aliphatic rings. The van der Waals surface area contributed by atoms with Crippen molar-refractivity contribution in [1.29, 1.82) is 0 Å². The number of rotatable bonds is 6. The summed E-state index contributed by atoms with van der Waals surface area (Å²) < 4.78 is 86.7. The first-order valence-electron chi connectivity index (χ1n) is 14.0. The topological polar surface area (TPSA) is 174 Å². The minimum absolute atomic E-state index is 0.151. The quantitative estimate of drug-likeness (QED) is 0.0779. The van der Waals surface area contributed by atoms with Gasteiger partial charge in [0, 0.05) is 28.3 Å². The van der Waals surface area contributed by atoms with E-state index in [1.807, 2.05) is 0 Å². The maximum Gasteiger partial charge on any atom is 0.431 e. The number of ether oxygens (including phenoxy) is 1. The Balaban J connectivity index is 0.000000202. The highest BCUT2D eigenvalue weighted by molar-refractivity contribution is 6.32. The maximum atomic E-state index is 12.8. The maximum absolute atomic E-state index is 12.8. The van der Waals surface area contributed by atoms with Gasteiger partial charge in [0.25, 0.3) is 5.69 Å². The van der Waals surface area contributed by atoms with Crippen LogP contribution in [0.4, 0.5) is 32.0 Å². The predicted octanol–water partition coefficient (Wildman–Crippen LogP) is 7.41. The number of carbonyl (C=O) groups excluding carboxylic acids is 1. The second kappa shape index (κ2) is 14.3. The van der Waals surface area contributed by atoms with Crippen LogP contribution in [0.1, 0.15) is 50.0 Å². The van der Waals surface area contributed by atoms with Gasteiger partial charge >= 0.3 is 29.7 Å². The van der Waals surface area contributed by atoms with Crippen molar-refractivity contribution in [2.24, 2.45) is 0 Å². The van der Waals surface area contributed by atoms with E-state index >= 15 is 0 Å². The highest BCUT2D eigenvalue weighted by Gasteiger charge is 2.33. The fourth-order valence-electron chi connectivity index (χ4n) is 4.43. The van der Waals surface area contributed by atoms with Gasteiger partial charge in [-0.3, -0.25) is 10.1 Å². The monoisotopic (exact) mass is 733 g/mol. The van der Waals surface area contributed by atoms with E-state index < -0.39 is 40.0 Å². The molecule has 262 valence electrons. The number of aromatic nitrogens is 4. The van der Waals surface area contributed by atoms with Crippen LogP contribution >= 0.6 is 11.6 Å². The third kappa shape index (κ3) is 9.04. The second-order valence-corrected chi connectivity index (χ2v) is 10.7. The third-order valence-corrected chi connectivity index (χ3v) is 7.12. The number of halogens is 7. The van der Waals surface area contributed by atoms with Gasteiger partial charge in [-0.05, 0) is 66.3 Å². The number of nitrogens with one attached hydrogen (secondary N) is 2. The highest BCUT2D eigenvalue weighted by Crippen LogP contribution is 2.30. The lowest BCUT2D eigenvalue weighted by Crippen LogP contribution is -2.19. The van der Waals surface area contributed by atoms with Crippen LogP contribution < -0.4 is 11.4 Å². The van der Waals surface area contributed by atoms with Crippen molar-refractivity contribution in [2.45, 2.75) is 19.0 Å². The number of aromatic amines is 2. The van der Waals surface area contributed by atoms with Crippen molar-refractivity contribution >= 4 is 47.6 Å². The van der Waals surface area contributed by atoms with Crippen molar-refractivity contribution in [3.8, 4) is 11.3 Å². The SMILES string of the molecule is O=C1OCc2cc(-c3ccc(C=Cc4cc(C(F)(F)F)[nH]c(=O)n4)o3)ccc21.O=c1nc(C=Cc2cc([N+](=O)[O-])ccc2Cl)cc(C(F)(F)F)[nH]1. The number of alkyl halides is 6. The Bertz CT molecular complexity index is 2330. The Morgan fingerprint density at radius 1 is 0.784 bits per heavy atom. The first kappa shape index (κ1) is 36.0. The Hall–Kier alpha value is -6.30. The molecule has 0 saturated carbocycles. The number of non-ortho nitro benzene ring substituents is 1. The zero-order chi connectivity index (χ0) is 37.1. The Labute approximate surface area is 284 Å². The molecule has 2 aromatic carbocycles. The predicted molar refractivity (Wildman–Crippen MR) is 169 cm³/mol. The van der Waals surface area contributed by atoms with E-state index in [0.717, 1.165) is 29.3 Å². The molecule has 0 saturated heterocycles. The van der Waals surface area contributed by atoms with Crippen LogP contribution in [0.3, 0.4) is 0 Å². The van der Waals surface area contributed by atoms with Crippen LogP contribution in [0.15, 0.2) is 74.7 Å². The van der Waals surface area contributed by atoms with Crippen molar-refractivity contribution < 1.29 is 45.2 Å². The third-order valence-electron chi connectivity index (χ3n) is 6.78. The first-order chi connectivity index (χ1) is 24.0. The van der Waals surface area contributed by atoms with Crippen molar-refractivity contribution in [2.75, 3.05) is 0 Å². The number of H-pyrrole nitrogens is 2. The number of esters is 1. The molecule has 2 N–H and O–H groups in total. The molecule has 12 nitrogen and oxygen atoms in total. The number of furan rings is 1. The zero-order valence-electron chi connectivity index (χ0n) is 25.1. The standard InChI is InChI=1S/C19H11F3N2O4.C13H7ClF3N3O3/c20-19(21,22)16-8-12(23-18(26)24-16)2-3-13-4-6-15(28-13)10-1-5-14-11(7-10)9-27-17(14)25;14-10-4-3-9(20(22)23)5-7(10)1-2-8-6-11(13(15,16)17)19-12(21)18-8/h1-8H,9H2,(H,23,24,26);1-6H,(H,18,19,21). The van der Waals surface area contributed by atoms with Crippen molar-refractivity contribution in [3.05, 3.63) is 142 Å². The molecule has 51 heavy (non-hydrogen) atoms. The van der Waals surface area contributed by atoms with Crippen LogP contribution in [0.5, 0.6) is 0 Å². The first-order valence-corrected chi connectivity index (χ1v) is 14.4. The number of nitro groups is 1. The zero-order valence-corrected chi connectivity index (χ0v) is 25.9. The molecule has 0 radical (unpaired) electrons. The fourth-order valence-corrected chi connectivity index (χ4v) is 4.61. The molecule has 0 aliphatic carbocycles. The van der Waals surface area contributed by atoms with E-state index in [1.54, 1.807) is 40.3 Å². The summed E-state index contributed by atoms with van der Waals surface area (Å²) in [6, 6.07) is 13.4. The van der Waals surface area contributed by atoms with Crippen LogP contribution in [-0.2, 0) is 23.7 Å². The van der Waals surface area contributed by atoms with Gasteiger partial charge in [0.1, 0.15) is 29.5 Å². The number of fused-ring (bicyclic) bond motifs is 1. The van der Waals surface area contributed by atoms with Crippen LogP contribution in [-0.4, -0.2) is 30.8 Å². The van der Waals surface area contributed by atoms with Crippen LogP contribution in [0.2, 0.25) is 5.02 Å². The molecule has 0 bridgehead atoms. The van der Waals surface area contributed by atoms with Gasteiger partial charge in [-0.15, -0.1) is 0 Å². The van der Waals surface area contributed by atoms with Gasteiger partial charge in [-0.2, -0.15) is 36.3 Å². The number of carbonyl (C=O) groups is 1. The largest absolute Gasteiger partial charge is 0.457 e. The van der Waals surface area contributed by atoms with Gasteiger partial charge in [-0.1, -0.05) is 23.7 Å². The average molecular weight is 734 g/mol. The molecule has 0 unspecified atom stereocenters. The number of hydrogen-bond donors (Lipinski definition) is 2. The van der Waals surface area contributed by atoms with Gasteiger partial charge in [0.2, 0.25) is 0 Å². The summed E-state index contributed by atoms with van der Waals surface area (Å²) >= 11 is 5.86. The van der Waals surface area contributed by atoms with Gasteiger partial charge in [0.15, 0.2) is 0 Å². The van der Waals surface area contributed by atoms with Crippen LogP contribution in [0.25, 0.3) is 35.6 Å². The Kier molecular flexibility index (Phi) is 10.1. The summed E-state index contributed by atoms with van der Waals surface area (Å²) in [7, 11) is 0. The number of nitro benzene ring substituents is 1. The Morgan fingerprint density at radius 2 is 1.39 bits per heavy atom. The summed E-state index contributed by atoms with van der Waals surface area (Å²) in [5, 5.41) is 10.9. The molecule has 19 heteroatoms. The minimum atomic E-state index is -4.73. The molecular formula is C32H18ClF6N5O7. The van der Waals surface area contributed by atoms with Crippen molar-refractivity contribution in [1.82, 2.24) is 19.9 Å². The number of nitrogens with zero attached hydrogens (tertiary/aromatic N) is 3. The summed E-state index contributed by atoms with van der Waals surface area (Å²) in [5.41, 5.74) is -3.13. The summed E-state index contributed by atoms with van der Waals surface area (Å²) in [6.07, 6.45) is -4.41. The lowest BCUT2D eigenvalue weighted by molar-refractivity contribution is -0.384. The van der Waals surface area contributed by atoms with E-state index in [9.17, 15) is 50.8 Å². The molecule has 1 aliphatic heterocycles. The molecule has 0 spiro atoms. The molecule has 3 aromatic heterocycles. The van der Waals surface area contributed by atoms with E-state index in [-0.39, 0.29) is 40.2 Å². The molecule has 4 heterocycles. The number of cyclic esters (lactones) is 1. The molecule has 5 aromatic rings. The van der Waals surface area contributed by atoms with E-state index in [4.69, 9.17) is 20.8 Å². The lowest BCUT2D eigenvalue weighted by Gasteiger charge is -2.05. The van der Waals surface area contributed by atoms with Gasteiger partial charge < -0.3 is 19.1 Å². The van der Waals surface area contributed by atoms with Crippen molar-refractivity contribution in [3.63, 3.8) is 0 Å². The number of benzene rings is 2. The van der Waals surface area contributed by atoms with E-state index in [1.165, 1.54) is 30.4 Å². The Morgan fingerprint density at radius 3 is 1.98 bits per heavy atom. The normalized spacial score (nSPS) is 12.9. The molecular weight excluding hydrogens is 716 g/mol. The lowest BCUT2D eigenvalue weighted by atomic mass is 10.0. The highest BCUT2D eigenvalue weighted by atomic mass is 35.5. The van der Waals surface area contributed by atoms with E-state index in [2.05, 4.69) is 9.97 Å². The van der Waals surface area contributed by atoms with Gasteiger partial charge in [0.05, 0.1) is 21.9 Å². The average Bonchev–Trinajstić information content (AvgIpc) is 3.69.